The number of rotatable bonds is 9. The Hall–Kier alpha value is -1.76. The molecule has 0 unspecified atom stereocenters. The largest absolute Gasteiger partial charge is 0.383 e. The van der Waals surface area contributed by atoms with Crippen molar-refractivity contribution >= 4 is 17.2 Å². The van der Waals surface area contributed by atoms with Crippen LogP contribution in [0.1, 0.15) is 21.1 Å². The van der Waals surface area contributed by atoms with Gasteiger partial charge in [0.25, 0.3) is 5.91 Å². The van der Waals surface area contributed by atoms with Crippen molar-refractivity contribution in [3.63, 3.8) is 0 Å². The fraction of sp³-hybridized carbons (Fsp3) is 0.412. The van der Waals surface area contributed by atoms with Gasteiger partial charge in [-0.1, -0.05) is 30.3 Å². The molecule has 5 nitrogen and oxygen atoms in total. The Morgan fingerprint density at radius 3 is 2.39 bits per heavy atom. The average Bonchev–Trinajstić information content (AvgIpc) is 3.04. The maximum Gasteiger partial charge on any atom is 0.273 e. The van der Waals surface area contributed by atoms with Crippen LogP contribution in [-0.2, 0) is 15.9 Å². The first-order valence-corrected chi connectivity index (χ1v) is 8.38. The van der Waals surface area contributed by atoms with Gasteiger partial charge < -0.3 is 14.4 Å². The number of hydrogen-bond acceptors (Lipinski definition) is 5. The summed E-state index contributed by atoms with van der Waals surface area (Å²) in [6, 6.07) is 10.1. The minimum absolute atomic E-state index is 0.0744. The molecule has 0 fully saturated rings. The van der Waals surface area contributed by atoms with E-state index in [0.29, 0.717) is 32.0 Å². The first-order chi connectivity index (χ1) is 11.2. The molecule has 2 rings (SSSR count). The lowest BCUT2D eigenvalue weighted by Gasteiger charge is -2.20. The highest BCUT2D eigenvalue weighted by Crippen LogP contribution is 2.16. The van der Waals surface area contributed by atoms with E-state index in [1.54, 1.807) is 19.1 Å². The number of carbonyl (C=O) groups is 1. The number of thiazole rings is 1. The molecule has 124 valence electrons. The van der Waals surface area contributed by atoms with Crippen LogP contribution in [0.4, 0.5) is 0 Å². The molecule has 0 saturated heterocycles. The zero-order valence-corrected chi connectivity index (χ0v) is 14.3. The maximum absolute atomic E-state index is 12.6. The number of nitrogens with zero attached hydrogens (tertiary/aromatic N) is 2. The molecule has 6 heteroatoms. The molecule has 1 amide bonds. The second-order valence-corrected chi connectivity index (χ2v) is 6.01. The highest BCUT2D eigenvalue weighted by atomic mass is 32.1. The first-order valence-electron chi connectivity index (χ1n) is 7.50. The lowest BCUT2D eigenvalue weighted by molar-refractivity contribution is 0.0622. The van der Waals surface area contributed by atoms with Crippen molar-refractivity contribution in [1.82, 2.24) is 9.88 Å². The summed E-state index contributed by atoms with van der Waals surface area (Å²) in [6.07, 6.45) is 0.745. The number of aromatic nitrogens is 1. The van der Waals surface area contributed by atoms with Crippen LogP contribution >= 0.6 is 11.3 Å². The van der Waals surface area contributed by atoms with Crippen LogP contribution in [0.5, 0.6) is 0 Å². The van der Waals surface area contributed by atoms with E-state index in [2.05, 4.69) is 17.1 Å². The van der Waals surface area contributed by atoms with Crippen LogP contribution in [0.15, 0.2) is 35.7 Å². The lowest BCUT2D eigenvalue weighted by atomic mass is 10.2. The summed E-state index contributed by atoms with van der Waals surface area (Å²) in [6.45, 7) is 2.06. The molecule has 1 aromatic heterocycles. The van der Waals surface area contributed by atoms with E-state index in [4.69, 9.17) is 9.47 Å². The van der Waals surface area contributed by atoms with Crippen molar-refractivity contribution in [2.24, 2.45) is 0 Å². The van der Waals surface area contributed by atoms with Gasteiger partial charge in [0.1, 0.15) is 5.69 Å². The Balaban J connectivity index is 2.02. The van der Waals surface area contributed by atoms with E-state index in [1.165, 1.54) is 16.9 Å². The molecule has 0 N–H and O–H groups in total. The Kier molecular flexibility index (Phi) is 7.19. The number of hydrogen-bond donors (Lipinski definition) is 0. The summed E-state index contributed by atoms with van der Waals surface area (Å²) in [4.78, 5) is 18.8. The molecule has 0 aliphatic carbocycles. The van der Waals surface area contributed by atoms with Crippen molar-refractivity contribution < 1.29 is 14.3 Å². The Labute approximate surface area is 140 Å². The summed E-state index contributed by atoms with van der Waals surface area (Å²) in [5.41, 5.74) is 1.68. The fourth-order valence-corrected chi connectivity index (χ4v) is 2.94. The van der Waals surface area contributed by atoms with E-state index in [9.17, 15) is 4.79 Å². The van der Waals surface area contributed by atoms with E-state index < -0.39 is 0 Å². The Morgan fingerprint density at radius 2 is 1.78 bits per heavy atom. The molecule has 0 aliphatic rings. The molecular formula is C17H22N2O3S. The number of carbonyl (C=O) groups excluding carboxylic acids is 1. The van der Waals surface area contributed by atoms with Crippen LogP contribution in [0.3, 0.4) is 0 Å². The molecule has 0 spiro atoms. The van der Waals surface area contributed by atoms with Gasteiger partial charge in [0.2, 0.25) is 0 Å². The summed E-state index contributed by atoms with van der Waals surface area (Å²) < 4.78 is 10.1. The van der Waals surface area contributed by atoms with E-state index in [1.807, 2.05) is 23.6 Å². The molecule has 23 heavy (non-hydrogen) atoms. The summed E-state index contributed by atoms with van der Waals surface area (Å²) in [7, 11) is 3.25. The van der Waals surface area contributed by atoms with Crippen LogP contribution in [0.2, 0.25) is 0 Å². The third-order valence-corrected chi connectivity index (χ3v) is 4.24. The van der Waals surface area contributed by atoms with Crippen molar-refractivity contribution in [2.75, 3.05) is 40.5 Å². The minimum atomic E-state index is -0.0744. The summed E-state index contributed by atoms with van der Waals surface area (Å²) in [5.74, 6) is -0.0744. The van der Waals surface area contributed by atoms with Gasteiger partial charge in [0.15, 0.2) is 0 Å². The number of amides is 1. The second-order valence-electron chi connectivity index (χ2n) is 5.07. The molecule has 0 radical (unpaired) electrons. The predicted molar refractivity (Wildman–Crippen MR) is 91.0 cm³/mol. The van der Waals surface area contributed by atoms with Crippen molar-refractivity contribution in [1.29, 1.82) is 0 Å². The number of ether oxygens (including phenoxy) is 2. The minimum Gasteiger partial charge on any atom is -0.383 e. The fourth-order valence-electron chi connectivity index (χ4n) is 2.14. The molecule has 0 saturated carbocycles. The molecule has 1 heterocycles. The molecule has 0 aliphatic heterocycles. The number of methoxy groups -OCH3 is 2. The lowest BCUT2D eigenvalue weighted by Crippen LogP contribution is -2.36. The topological polar surface area (TPSA) is 51.7 Å². The second kappa shape index (κ2) is 9.39. The van der Waals surface area contributed by atoms with Crippen LogP contribution in [0, 0.1) is 0 Å². The van der Waals surface area contributed by atoms with E-state index in [0.717, 1.165) is 11.4 Å². The highest BCUT2D eigenvalue weighted by Gasteiger charge is 2.18. The van der Waals surface area contributed by atoms with Gasteiger partial charge in [-0.2, -0.15) is 0 Å². The molecule has 1 aromatic carbocycles. The van der Waals surface area contributed by atoms with E-state index >= 15 is 0 Å². The van der Waals surface area contributed by atoms with Gasteiger partial charge in [0.05, 0.1) is 18.2 Å². The van der Waals surface area contributed by atoms with Gasteiger partial charge >= 0.3 is 0 Å². The third kappa shape index (κ3) is 5.42. The Morgan fingerprint density at radius 1 is 1.13 bits per heavy atom. The van der Waals surface area contributed by atoms with Gasteiger partial charge in [-0.05, 0) is 5.56 Å². The van der Waals surface area contributed by atoms with Crippen molar-refractivity contribution in [3.05, 3.63) is 52.0 Å². The van der Waals surface area contributed by atoms with Gasteiger partial charge in [0, 0.05) is 39.1 Å². The normalized spacial score (nSPS) is 10.7. The zero-order chi connectivity index (χ0) is 16.5. The molecule has 2 aromatic rings. The predicted octanol–water partition coefficient (Wildman–Crippen LogP) is 2.47. The van der Waals surface area contributed by atoms with Crippen molar-refractivity contribution in [2.45, 2.75) is 6.42 Å². The summed E-state index contributed by atoms with van der Waals surface area (Å²) in [5, 5.41) is 2.77. The number of benzene rings is 1. The third-order valence-electron chi connectivity index (χ3n) is 3.39. The zero-order valence-electron chi connectivity index (χ0n) is 13.5. The Bertz CT molecular complexity index is 593. The first kappa shape index (κ1) is 17.6. The van der Waals surface area contributed by atoms with Gasteiger partial charge in [-0.15, -0.1) is 11.3 Å². The molecular weight excluding hydrogens is 312 g/mol. The van der Waals surface area contributed by atoms with Crippen LogP contribution < -0.4 is 0 Å². The van der Waals surface area contributed by atoms with Crippen LogP contribution in [-0.4, -0.2) is 56.3 Å². The smallest absolute Gasteiger partial charge is 0.273 e. The van der Waals surface area contributed by atoms with Crippen LogP contribution in [0.25, 0.3) is 0 Å². The maximum atomic E-state index is 12.6. The molecule has 0 atom stereocenters. The van der Waals surface area contributed by atoms with Crippen molar-refractivity contribution in [3.8, 4) is 0 Å². The quantitative estimate of drug-likeness (QED) is 0.707. The monoisotopic (exact) mass is 334 g/mol. The van der Waals surface area contributed by atoms with E-state index in [-0.39, 0.29) is 5.91 Å². The molecule has 0 bridgehead atoms. The summed E-state index contributed by atoms with van der Waals surface area (Å²) >= 11 is 1.52. The average molecular weight is 334 g/mol. The SMILES string of the molecule is COCCN(CCOC)C(=O)c1csc(Cc2ccccc2)n1. The highest BCUT2D eigenvalue weighted by molar-refractivity contribution is 7.09. The standard InChI is InChI=1S/C17H22N2O3S/c1-21-10-8-19(9-11-22-2)17(20)15-13-23-16(18-15)12-14-6-4-3-5-7-14/h3-7,13H,8-12H2,1-2H3. The van der Waals surface area contributed by atoms with Gasteiger partial charge in [-0.25, -0.2) is 4.98 Å². The van der Waals surface area contributed by atoms with Gasteiger partial charge in [-0.3, -0.25) is 4.79 Å².